The number of terminal acetylenes is 1. The molecular weight excluding hydrogens is 160 g/mol. The van der Waals surface area contributed by atoms with Crippen molar-refractivity contribution in [2.45, 2.75) is 20.8 Å². The van der Waals surface area contributed by atoms with Crippen LogP contribution >= 0.6 is 0 Å². The van der Waals surface area contributed by atoms with E-state index in [2.05, 4.69) is 44.0 Å². The van der Waals surface area contributed by atoms with Crippen LogP contribution in [0.25, 0.3) is 0 Å². The van der Waals surface area contributed by atoms with Gasteiger partial charge < -0.3 is 5.32 Å². The van der Waals surface area contributed by atoms with Crippen molar-refractivity contribution >= 4 is 0 Å². The van der Waals surface area contributed by atoms with Crippen LogP contribution < -0.4 is 5.32 Å². The molecule has 1 N–H and O–H groups in total. The molecule has 0 aromatic rings. The normalized spacial score (nSPS) is 11.7. The molecule has 0 aliphatic carbocycles. The second-order valence-corrected chi connectivity index (χ2v) is 4.32. The summed E-state index contributed by atoms with van der Waals surface area (Å²) in [5, 5.41) is 3.36. The molecule has 0 heterocycles. The van der Waals surface area contributed by atoms with Gasteiger partial charge in [-0.05, 0) is 19.0 Å². The third-order valence-corrected chi connectivity index (χ3v) is 1.91. The summed E-state index contributed by atoms with van der Waals surface area (Å²) in [5.74, 6) is 2.65. The minimum atomic E-state index is 0.293. The molecule has 0 aliphatic heterocycles. The first-order valence-corrected chi connectivity index (χ1v) is 4.84. The highest BCUT2D eigenvalue weighted by molar-refractivity contribution is 4.88. The van der Waals surface area contributed by atoms with Crippen LogP contribution in [0.1, 0.15) is 20.8 Å². The van der Waals surface area contributed by atoms with Gasteiger partial charge in [0.2, 0.25) is 0 Å². The Labute approximate surface area is 82.7 Å². The minimum absolute atomic E-state index is 0.293. The SMILES string of the molecule is C#CCN(C)CC(C)(C)CNCC. The maximum absolute atomic E-state index is 5.24. The van der Waals surface area contributed by atoms with Gasteiger partial charge in [0.25, 0.3) is 0 Å². The van der Waals surface area contributed by atoms with Crippen molar-refractivity contribution in [1.29, 1.82) is 0 Å². The van der Waals surface area contributed by atoms with Crippen molar-refractivity contribution in [3.05, 3.63) is 0 Å². The average Bonchev–Trinajstić information content (AvgIpc) is 2.00. The molecule has 0 spiro atoms. The predicted molar refractivity (Wildman–Crippen MR) is 58.7 cm³/mol. The van der Waals surface area contributed by atoms with Gasteiger partial charge in [0.05, 0.1) is 6.54 Å². The summed E-state index contributed by atoms with van der Waals surface area (Å²) in [6.07, 6.45) is 5.24. The lowest BCUT2D eigenvalue weighted by Crippen LogP contribution is -2.39. The first-order valence-electron chi connectivity index (χ1n) is 4.84. The van der Waals surface area contributed by atoms with E-state index in [0.717, 1.165) is 26.2 Å². The Kier molecular flexibility index (Phi) is 5.77. The van der Waals surface area contributed by atoms with Gasteiger partial charge in [0.1, 0.15) is 0 Å². The Hall–Kier alpha value is -0.520. The minimum Gasteiger partial charge on any atom is -0.316 e. The van der Waals surface area contributed by atoms with Crippen LogP contribution in [0.5, 0.6) is 0 Å². The quantitative estimate of drug-likeness (QED) is 0.621. The number of nitrogens with one attached hydrogen (secondary N) is 1. The van der Waals surface area contributed by atoms with E-state index in [-0.39, 0.29) is 0 Å². The summed E-state index contributed by atoms with van der Waals surface area (Å²) in [6.45, 7) is 10.5. The topological polar surface area (TPSA) is 15.3 Å². The third-order valence-electron chi connectivity index (χ3n) is 1.91. The van der Waals surface area contributed by atoms with E-state index in [1.807, 2.05) is 0 Å². The number of rotatable bonds is 6. The Morgan fingerprint density at radius 1 is 1.46 bits per heavy atom. The summed E-state index contributed by atoms with van der Waals surface area (Å²) in [5.41, 5.74) is 0.293. The van der Waals surface area contributed by atoms with E-state index in [1.165, 1.54) is 0 Å². The lowest BCUT2D eigenvalue weighted by molar-refractivity contribution is 0.221. The van der Waals surface area contributed by atoms with Crippen molar-refractivity contribution in [2.75, 3.05) is 33.2 Å². The Morgan fingerprint density at radius 2 is 2.08 bits per heavy atom. The molecule has 0 amide bonds. The molecule has 0 bridgehead atoms. The van der Waals surface area contributed by atoms with Gasteiger partial charge in [-0.15, -0.1) is 6.42 Å². The van der Waals surface area contributed by atoms with Gasteiger partial charge in [0, 0.05) is 13.1 Å². The van der Waals surface area contributed by atoms with Gasteiger partial charge in [-0.25, -0.2) is 0 Å². The van der Waals surface area contributed by atoms with Crippen molar-refractivity contribution < 1.29 is 0 Å². The Morgan fingerprint density at radius 3 is 2.54 bits per heavy atom. The summed E-state index contributed by atoms with van der Waals surface area (Å²) in [4.78, 5) is 2.18. The molecule has 0 saturated carbocycles. The molecule has 0 radical (unpaired) electrons. The molecular formula is C11H22N2. The van der Waals surface area contributed by atoms with Gasteiger partial charge in [-0.1, -0.05) is 26.7 Å². The van der Waals surface area contributed by atoms with Crippen molar-refractivity contribution in [3.63, 3.8) is 0 Å². The smallest absolute Gasteiger partial charge is 0.0596 e. The molecule has 0 fully saturated rings. The van der Waals surface area contributed by atoms with Gasteiger partial charge in [-0.2, -0.15) is 0 Å². The monoisotopic (exact) mass is 182 g/mol. The van der Waals surface area contributed by atoms with Crippen LogP contribution in [-0.2, 0) is 0 Å². The fraction of sp³-hybridized carbons (Fsp3) is 0.818. The molecule has 2 nitrogen and oxygen atoms in total. The largest absolute Gasteiger partial charge is 0.316 e. The van der Waals surface area contributed by atoms with Gasteiger partial charge in [-0.3, -0.25) is 4.90 Å². The molecule has 0 rings (SSSR count). The summed E-state index contributed by atoms with van der Waals surface area (Å²) in [7, 11) is 2.06. The standard InChI is InChI=1S/C11H22N2/c1-6-8-13(5)10-11(3,4)9-12-7-2/h1,12H,7-10H2,2-5H3. The molecule has 13 heavy (non-hydrogen) atoms. The van der Waals surface area contributed by atoms with Crippen LogP contribution in [0, 0.1) is 17.8 Å². The van der Waals surface area contributed by atoms with Crippen LogP contribution in [0.3, 0.4) is 0 Å². The second kappa shape index (κ2) is 6.01. The van der Waals surface area contributed by atoms with E-state index in [9.17, 15) is 0 Å². The van der Waals surface area contributed by atoms with Gasteiger partial charge >= 0.3 is 0 Å². The molecule has 0 aromatic carbocycles. The average molecular weight is 182 g/mol. The highest BCUT2D eigenvalue weighted by Gasteiger charge is 2.18. The Balaban J connectivity index is 3.80. The van der Waals surface area contributed by atoms with Crippen LogP contribution in [-0.4, -0.2) is 38.1 Å². The molecule has 0 saturated heterocycles. The van der Waals surface area contributed by atoms with Gasteiger partial charge in [0.15, 0.2) is 0 Å². The number of hydrogen-bond donors (Lipinski definition) is 1. The lowest BCUT2D eigenvalue weighted by atomic mass is 9.93. The van der Waals surface area contributed by atoms with Crippen LogP contribution in [0.2, 0.25) is 0 Å². The highest BCUT2D eigenvalue weighted by atomic mass is 15.1. The molecule has 2 heteroatoms. The van der Waals surface area contributed by atoms with Crippen molar-refractivity contribution in [1.82, 2.24) is 10.2 Å². The van der Waals surface area contributed by atoms with E-state index >= 15 is 0 Å². The van der Waals surface area contributed by atoms with Crippen molar-refractivity contribution in [2.24, 2.45) is 5.41 Å². The maximum Gasteiger partial charge on any atom is 0.0596 e. The predicted octanol–water partition coefficient (Wildman–Crippen LogP) is 1.19. The first kappa shape index (κ1) is 12.5. The number of nitrogens with zero attached hydrogens (tertiary/aromatic N) is 1. The van der Waals surface area contributed by atoms with Crippen LogP contribution in [0.15, 0.2) is 0 Å². The molecule has 0 atom stereocenters. The van der Waals surface area contributed by atoms with E-state index in [0.29, 0.717) is 5.41 Å². The van der Waals surface area contributed by atoms with Crippen molar-refractivity contribution in [3.8, 4) is 12.3 Å². The van der Waals surface area contributed by atoms with E-state index in [1.54, 1.807) is 0 Å². The first-order chi connectivity index (χ1) is 6.02. The highest BCUT2D eigenvalue weighted by Crippen LogP contribution is 2.14. The maximum atomic E-state index is 5.24. The summed E-state index contributed by atoms with van der Waals surface area (Å²) < 4.78 is 0. The van der Waals surface area contributed by atoms with E-state index < -0.39 is 0 Å². The fourth-order valence-corrected chi connectivity index (χ4v) is 1.46. The zero-order valence-electron chi connectivity index (χ0n) is 9.35. The summed E-state index contributed by atoms with van der Waals surface area (Å²) >= 11 is 0. The zero-order valence-corrected chi connectivity index (χ0v) is 9.35. The number of hydrogen-bond acceptors (Lipinski definition) is 2. The van der Waals surface area contributed by atoms with Crippen LogP contribution in [0.4, 0.5) is 0 Å². The molecule has 0 unspecified atom stereocenters. The van der Waals surface area contributed by atoms with E-state index in [4.69, 9.17) is 6.42 Å². The fourth-order valence-electron chi connectivity index (χ4n) is 1.46. The second-order valence-electron chi connectivity index (χ2n) is 4.32. The third kappa shape index (κ3) is 6.62. The lowest BCUT2D eigenvalue weighted by Gasteiger charge is -2.29. The Bertz CT molecular complexity index is 167. The molecule has 76 valence electrons. The zero-order chi connectivity index (χ0) is 10.3. The molecule has 0 aromatic heterocycles. The summed E-state index contributed by atoms with van der Waals surface area (Å²) in [6, 6.07) is 0. The molecule has 0 aliphatic rings.